The summed E-state index contributed by atoms with van der Waals surface area (Å²) in [5.41, 5.74) is 6.40. The molecule has 0 spiro atoms. The lowest BCUT2D eigenvalue weighted by molar-refractivity contribution is -0.129. The highest BCUT2D eigenvalue weighted by Crippen LogP contribution is 2.13. The molecule has 18 heavy (non-hydrogen) atoms. The SMILES string of the molecule is CC(CCc1ccccc1)NC(=O)C(C)(C)CN. The van der Waals surface area contributed by atoms with Gasteiger partial charge in [0.2, 0.25) is 5.91 Å². The summed E-state index contributed by atoms with van der Waals surface area (Å²) in [4.78, 5) is 11.9. The van der Waals surface area contributed by atoms with Crippen molar-refractivity contribution < 1.29 is 4.79 Å². The van der Waals surface area contributed by atoms with Gasteiger partial charge in [0.05, 0.1) is 5.41 Å². The van der Waals surface area contributed by atoms with Crippen LogP contribution >= 0.6 is 0 Å². The lowest BCUT2D eigenvalue weighted by atomic mass is 9.92. The Hall–Kier alpha value is -1.35. The summed E-state index contributed by atoms with van der Waals surface area (Å²) in [5, 5.41) is 3.02. The van der Waals surface area contributed by atoms with Crippen LogP contribution < -0.4 is 11.1 Å². The van der Waals surface area contributed by atoms with Crippen LogP contribution in [0.15, 0.2) is 30.3 Å². The second-order valence-corrected chi connectivity index (χ2v) is 5.49. The second kappa shape index (κ2) is 6.55. The third kappa shape index (κ3) is 4.49. The Bertz CT molecular complexity index is 373. The lowest BCUT2D eigenvalue weighted by Crippen LogP contribution is -2.45. The fraction of sp³-hybridized carbons (Fsp3) is 0.533. The zero-order valence-corrected chi connectivity index (χ0v) is 11.6. The highest BCUT2D eigenvalue weighted by atomic mass is 16.2. The summed E-state index contributed by atoms with van der Waals surface area (Å²) < 4.78 is 0. The zero-order chi connectivity index (χ0) is 13.6. The van der Waals surface area contributed by atoms with E-state index in [0.29, 0.717) is 6.54 Å². The number of nitrogens with two attached hydrogens (primary N) is 1. The molecule has 0 saturated heterocycles. The molecular weight excluding hydrogens is 224 g/mol. The van der Waals surface area contributed by atoms with Gasteiger partial charge in [-0.2, -0.15) is 0 Å². The van der Waals surface area contributed by atoms with Crippen LogP contribution in [0, 0.1) is 5.41 Å². The lowest BCUT2D eigenvalue weighted by Gasteiger charge is -2.24. The van der Waals surface area contributed by atoms with Crippen LogP contribution in [0.2, 0.25) is 0 Å². The van der Waals surface area contributed by atoms with Crippen molar-refractivity contribution in [3.8, 4) is 0 Å². The number of hydrogen-bond acceptors (Lipinski definition) is 2. The predicted molar refractivity (Wildman–Crippen MR) is 75.2 cm³/mol. The molecule has 0 aliphatic carbocycles. The summed E-state index contributed by atoms with van der Waals surface area (Å²) in [7, 11) is 0. The molecular formula is C15H24N2O. The van der Waals surface area contributed by atoms with Crippen molar-refractivity contribution in [2.75, 3.05) is 6.54 Å². The molecule has 0 saturated carbocycles. The molecule has 3 heteroatoms. The average molecular weight is 248 g/mol. The molecule has 1 unspecified atom stereocenters. The fourth-order valence-corrected chi connectivity index (χ4v) is 1.61. The first-order valence-electron chi connectivity index (χ1n) is 6.50. The highest BCUT2D eigenvalue weighted by molar-refractivity contribution is 5.82. The van der Waals surface area contributed by atoms with Crippen LogP contribution in [0.3, 0.4) is 0 Å². The van der Waals surface area contributed by atoms with Crippen molar-refractivity contribution >= 4 is 5.91 Å². The van der Waals surface area contributed by atoms with Crippen LogP contribution in [0.4, 0.5) is 0 Å². The van der Waals surface area contributed by atoms with Crippen LogP contribution in [0.1, 0.15) is 32.8 Å². The number of nitrogens with one attached hydrogen (secondary N) is 1. The molecule has 0 aliphatic rings. The number of amides is 1. The molecule has 0 fully saturated rings. The molecule has 1 aromatic carbocycles. The molecule has 0 aliphatic heterocycles. The Labute approximate surface area is 110 Å². The van der Waals surface area contributed by atoms with Gasteiger partial charge in [-0.1, -0.05) is 30.3 Å². The Kier molecular flexibility index (Phi) is 5.35. The van der Waals surface area contributed by atoms with Crippen molar-refractivity contribution in [3.05, 3.63) is 35.9 Å². The molecule has 0 bridgehead atoms. The van der Waals surface area contributed by atoms with Gasteiger partial charge in [0.15, 0.2) is 0 Å². The molecule has 1 aromatic rings. The van der Waals surface area contributed by atoms with Crippen molar-refractivity contribution in [2.24, 2.45) is 11.1 Å². The number of rotatable bonds is 6. The Morgan fingerprint density at radius 1 is 1.33 bits per heavy atom. The first kappa shape index (κ1) is 14.7. The summed E-state index contributed by atoms with van der Waals surface area (Å²) in [6.45, 7) is 6.14. The molecule has 0 aromatic heterocycles. The van der Waals surface area contributed by atoms with Crippen LogP contribution in [0.5, 0.6) is 0 Å². The van der Waals surface area contributed by atoms with E-state index in [2.05, 4.69) is 17.4 Å². The molecule has 100 valence electrons. The molecule has 3 nitrogen and oxygen atoms in total. The zero-order valence-electron chi connectivity index (χ0n) is 11.6. The van der Waals surface area contributed by atoms with Gasteiger partial charge in [0.1, 0.15) is 0 Å². The maximum Gasteiger partial charge on any atom is 0.227 e. The van der Waals surface area contributed by atoms with Crippen molar-refractivity contribution in [1.29, 1.82) is 0 Å². The third-order valence-corrected chi connectivity index (χ3v) is 3.21. The maximum absolute atomic E-state index is 11.9. The predicted octanol–water partition coefficient (Wildman–Crippen LogP) is 2.11. The van der Waals surface area contributed by atoms with Crippen molar-refractivity contribution in [1.82, 2.24) is 5.32 Å². The summed E-state index contributed by atoms with van der Waals surface area (Å²) >= 11 is 0. The van der Waals surface area contributed by atoms with Crippen molar-refractivity contribution in [2.45, 2.75) is 39.7 Å². The number of carbonyl (C=O) groups excluding carboxylic acids is 1. The van der Waals surface area contributed by atoms with E-state index < -0.39 is 5.41 Å². The minimum atomic E-state index is -0.485. The smallest absolute Gasteiger partial charge is 0.227 e. The van der Waals surface area contributed by atoms with Crippen molar-refractivity contribution in [3.63, 3.8) is 0 Å². The minimum Gasteiger partial charge on any atom is -0.353 e. The molecule has 1 atom stereocenters. The number of benzene rings is 1. The van der Waals surface area contributed by atoms with Crippen LogP contribution in [-0.4, -0.2) is 18.5 Å². The van der Waals surface area contributed by atoms with Gasteiger partial charge in [-0.15, -0.1) is 0 Å². The summed E-state index contributed by atoms with van der Waals surface area (Å²) in [6, 6.07) is 10.5. The van der Waals surface area contributed by atoms with Gasteiger partial charge >= 0.3 is 0 Å². The first-order valence-corrected chi connectivity index (χ1v) is 6.50. The average Bonchev–Trinajstić information content (AvgIpc) is 2.37. The minimum absolute atomic E-state index is 0.0329. The Balaban J connectivity index is 2.38. The van der Waals surface area contributed by atoms with Gasteiger partial charge in [0, 0.05) is 12.6 Å². The number of carbonyl (C=O) groups is 1. The summed E-state index contributed by atoms with van der Waals surface area (Å²) in [5.74, 6) is 0.0329. The van der Waals surface area contributed by atoms with Crippen LogP contribution in [0.25, 0.3) is 0 Å². The van der Waals surface area contributed by atoms with Gasteiger partial charge in [-0.05, 0) is 39.2 Å². The molecule has 1 amide bonds. The van der Waals surface area contributed by atoms with E-state index in [0.717, 1.165) is 12.8 Å². The Morgan fingerprint density at radius 3 is 2.50 bits per heavy atom. The molecule has 0 radical (unpaired) electrons. The number of aryl methyl sites for hydroxylation is 1. The topological polar surface area (TPSA) is 55.1 Å². The number of hydrogen-bond donors (Lipinski definition) is 2. The largest absolute Gasteiger partial charge is 0.353 e. The van der Waals surface area contributed by atoms with E-state index in [4.69, 9.17) is 5.73 Å². The first-order chi connectivity index (χ1) is 8.45. The van der Waals surface area contributed by atoms with E-state index in [1.54, 1.807) is 0 Å². The third-order valence-electron chi connectivity index (χ3n) is 3.21. The summed E-state index contributed by atoms with van der Waals surface area (Å²) in [6.07, 6.45) is 1.92. The normalized spacial score (nSPS) is 13.1. The maximum atomic E-state index is 11.9. The van der Waals surface area contributed by atoms with Gasteiger partial charge in [-0.3, -0.25) is 4.79 Å². The molecule has 3 N–H and O–H groups in total. The van der Waals surface area contributed by atoms with Crippen LogP contribution in [-0.2, 0) is 11.2 Å². The van der Waals surface area contributed by atoms with E-state index in [-0.39, 0.29) is 11.9 Å². The van der Waals surface area contributed by atoms with Gasteiger partial charge < -0.3 is 11.1 Å². The second-order valence-electron chi connectivity index (χ2n) is 5.49. The van der Waals surface area contributed by atoms with E-state index in [1.165, 1.54) is 5.56 Å². The van der Waals surface area contributed by atoms with E-state index in [1.807, 2.05) is 39.0 Å². The standard InChI is InChI=1S/C15H24N2O/c1-12(17-14(18)15(2,3)11-16)9-10-13-7-5-4-6-8-13/h4-8,12H,9-11,16H2,1-3H3,(H,17,18). The van der Waals surface area contributed by atoms with Gasteiger partial charge in [-0.25, -0.2) is 0 Å². The molecule has 1 rings (SSSR count). The fourth-order valence-electron chi connectivity index (χ4n) is 1.61. The molecule has 0 heterocycles. The van der Waals surface area contributed by atoms with E-state index >= 15 is 0 Å². The monoisotopic (exact) mass is 248 g/mol. The Morgan fingerprint density at radius 2 is 1.94 bits per heavy atom. The van der Waals surface area contributed by atoms with Gasteiger partial charge in [0.25, 0.3) is 0 Å². The van der Waals surface area contributed by atoms with E-state index in [9.17, 15) is 4.79 Å². The highest BCUT2D eigenvalue weighted by Gasteiger charge is 2.26. The quantitative estimate of drug-likeness (QED) is 0.810.